The van der Waals surface area contributed by atoms with Crippen LogP contribution in [0.2, 0.25) is 0 Å². The first-order valence-corrected chi connectivity index (χ1v) is 4.86. The van der Waals surface area contributed by atoms with Gasteiger partial charge >= 0.3 is 0 Å². The van der Waals surface area contributed by atoms with Crippen molar-refractivity contribution in [3.8, 4) is 5.75 Å². The number of aromatic amines is 1. The summed E-state index contributed by atoms with van der Waals surface area (Å²) in [5.41, 5.74) is 7.39. The molecular weight excluding hydrogens is 204 g/mol. The fourth-order valence-electron chi connectivity index (χ4n) is 1.91. The van der Waals surface area contributed by atoms with Gasteiger partial charge in [0.05, 0.1) is 24.2 Å². The number of nitrogens with two attached hydrogens (primary N) is 1. The zero-order valence-electron chi connectivity index (χ0n) is 8.69. The minimum Gasteiger partial charge on any atom is -0.496 e. The van der Waals surface area contributed by atoms with Crippen molar-refractivity contribution in [1.29, 1.82) is 0 Å². The smallest absolute Gasteiger partial charge is 0.150 e. The van der Waals surface area contributed by atoms with Gasteiger partial charge in [-0.25, -0.2) is 4.98 Å². The molecule has 5 nitrogen and oxygen atoms in total. The second kappa shape index (κ2) is 3.10. The van der Waals surface area contributed by atoms with Crippen molar-refractivity contribution >= 4 is 27.6 Å². The van der Waals surface area contributed by atoms with Gasteiger partial charge in [0.1, 0.15) is 17.1 Å². The number of benzene rings is 1. The number of anilines is 1. The van der Waals surface area contributed by atoms with E-state index in [4.69, 9.17) is 10.5 Å². The second-order valence-corrected chi connectivity index (χ2v) is 3.51. The number of ether oxygens (including phenoxy) is 1. The van der Waals surface area contributed by atoms with E-state index in [9.17, 15) is 0 Å². The standard InChI is InChI=1S/C11H10N4O/c1-16-8-4-2-3-7-9(8)6-5-13-15-10(6)11(12)14-7/h2-5H,1H3,(H2,12,14)(H,13,15). The van der Waals surface area contributed by atoms with Crippen LogP contribution in [-0.4, -0.2) is 22.3 Å². The molecule has 0 radical (unpaired) electrons. The van der Waals surface area contributed by atoms with Crippen molar-refractivity contribution in [2.45, 2.75) is 0 Å². The van der Waals surface area contributed by atoms with Gasteiger partial charge in [0.2, 0.25) is 0 Å². The first-order chi connectivity index (χ1) is 7.81. The van der Waals surface area contributed by atoms with E-state index in [2.05, 4.69) is 15.2 Å². The summed E-state index contributed by atoms with van der Waals surface area (Å²) in [6.45, 7) is 0. The van der Waals surface area contributed by atoms with Gasteiger partial charge in [-0.3, -0.25) is 5.10 Å². The van der Waals surface area contributed by atoms with E-state index < -0.39 is 0 Å². The predicted molar refractivity (Wildman–Crippen MR) is 62.4 cm³/mol. The van der Waals surface area contributed by atoms with Crippen molar-refractivity contribution in [2.75, 3.05) is 12.8 Å². The maximum atomic E-state index is 5.84. The van der Waals surface area contributed by atoms with Gasteiger partial charge in [-0.2, -0.15) is 5.10 Å². The number of fused-ring (bicyclic) bond motifs is 3. The highest BCUT2D eigenvalue weighted by atomic mass is 16.5. The third-order valence-electron chi connectivity index (χ3n) is 2.63. The van der Waals surface area contributed by atoms with Crippen LogP contribution in [0.15, 0.2) is 24.4 Å². The van der Waals surface area contributed by atoms with E-state index in [1.807, 2.05) is 18.2 Å². The number of nitrogen functional groups attached to an aromatic ring is 1. The monoisotopic (exact) mass is 214 g/mol. The van der Waals surface area contributed by atoms with Crippen molar-refractivity contribution in [1.82, 2.24) is 15.2 Å². The van der Waals surface area contributed by atoms with Crippen molar-refractivity contribution < 1.29 is 4.74 Å². The number of aromatic nitrogens is 3. The Morgan fingerprint density at radius 2 is 2.25 bits per heavy atom. The molecule has 0 saturated heterocycles. The molecule has 0 bridgehead atoms. The molecular formula is C11H10N4O. The Morgan fingerprint density at radius 1 is 1.38 bits per heavy atom. The summed E-state index contributed by atoms with van der Waals surface area (Å²) in [4.78, 5) is 4.31. The van der Waals surface area contributed by atoms with E-state index in [-0.39, 0.29) is 0 Å². The van der Waals surface area contributed by atoms with E-state index in [1.165, 1.54) is 0 Å². The van der Waals surface area contributed by atoms with Gasteiger partial charge in [-0.05, 0) is 12.1 Å². The number of methoxy groups -OCH3 is 1. The van der Waals surface area contributed by atoms with E-state index in [0.29, 0.717) is 5.82 Å². The van der Waals surface area contributed by atoms with E-state index >= 15 is 0 Å². The predicted octanol–water partition coefficient (Wildman–Crippen LogP) is 1.70. The van der Waals surface area contributed by atoms with Crippen LogP contribution in [-0.2, 0) is 0 Å². The topological polar surface area (TPSA) is 76.8 Å². The normalized spacial score (nSPS) is 11.1. The lowest BCUT2D eigenvalue weighted by Gasteiger charge is -2.06. The second-order valence-electron chi connectivity index (χ2n) is 3.51. The largest absolute Gasteiger partial charge is 0.496 e. The Labute approximate surface area is 91.2 Å². The molecule has 0 aliphatic rings. The van der Waals surface area contributed by atoms with E-state index in [1.54, 1.807) is 13.3 Å². The quantitative estimate of drug-likeness (QED) is 0.646. The number of rotatable bonds is 1. The average Bonchev–Trinajstić information content (AvgIpc) is 2.77. The molecule has 80 valence electrons. The molecule has 1 aromatic carbocycles. The molecule has 2 aromatic heterocycles. The fourth-order valence-corrected chi connectivity index (χ4v) is 1.91. The highest BCUT2D eigenvalue weighted by Gasteiger charge is 2.11. The molecule has 0 saturated carbocycles. The molecule has 16 heavy (non-hydrogen) atoms. The number of pyridine rings is 1. The molecule has 0 atom stereocenters. The fraction of sp³-hybridized carbons (Fsp3) is 0.0909. The Balaban J connectivity index is 2.60. The maximum absolute atomic E-state index is 5.84. The van der Waals surface area contributed by atoms with Crippen LogP contribution in [0.5, 0.6) is 5.75 Å². The molecule has 0 aliphatic heterocycles. The molecule has 3 aromatic rings. The first-order valence-electron chi connectivity index (χ1n) is 4.86. The van der Waals surface area contributed by atoms with Crippen LogP contribution >= 0.6 is 0 Å². The van der Waals surface area contributed by atoms with Crippen LogP contribution in [0.4, 0.5) is 5.82 Å². The Morgan fingerprint density at radius 3 is 3.06 bits per heavy atom. The number of nitrogens with one attached hydrogen (secondary N) is 1. The number of hydrogen-bond acceptors (Lipinski definition) is 4. The molecule has 2 heterocycles. The zero-order chi connectivity index (χ0) is 11.1. The van der Waals surface area contributed by atoms with Crippen molar-refractivity contribution in [2.24, 2.45) is 0 Å². The molecule has 0 spiro atoms. The molecule has 0 unspecified atom stereocenters. The lowest BCUT2D eigenvalue weighted by Crippen LogP contribution is -1.94. The summed E-state index contributed by atoms with van der Waals surface area (Å²) in [5, 5.41) is 8.69. The molecule has 3 rings (SSSR count). The molecule has 3 N–H and O–H groups in total. The zero-order valence-corrected chi connectivity index (χ0v) is 8.69. The number of hydrogen-bond donors (Lipinski definition) is 2. The Hall–Kier alpha value is -2.30. The van der Waals surface area contributed by atoms with Gasteiger partial charge < -0.3 is 10.5 Å². The van der Waals surface area contributed by atoms with Crippen LogP contribution in [0.1, 0.15) is 0 Å². The highest BCUT2D eigenvalue weighted by molar-refractivity contribution is 6.10. The third kappa shape index (κ3) is 1.05. The summed E-state index contributed by atoms with van der Waals surface area (Å²) in [6, 6.07) is 5.69. The number of nitrogens with zero attached hydrogens (tertiary/aromatic N) is 2. The van der Waals surface area contributed by atoms with E-state index in [0.717, 1.165) is 27.6 Å². The maximum Gasteiger partial charge on any atom is 0.150 e. The summed E-state index contributed by atoms with van der Waals surface area (Å²) < 4.78 is 5.32. The lowest BCUT2D eigenvalue weighted by molar-refractivity contribution is 0.420. The van der Waals surface area contributed by atoms with Gasteiger partial charge in [0, 0.05) is 5.39 Å². The van der Waals surface area contributed by atoms with Crippen LogP contribution in [0.3, 0.4) is 0 Å². The van der Waals surface area contributed by atoms with Crippen molar-refractivity contribution in [3.63, 3.8) is 0 Å². The lowest BCUT2D eigenvalue weighted by atomic mass is 10.1. The molecule has 0 fully saturated rings. The summed E-state index contributed by atoms with van der Waals surface area (Å²) in [7, 11) is 1.64. The average molecular weight is 214 g/mol. The Kier molecular flexibility index (Phi) is 1.73. The molecule has 0 aliphatic carbocycles. The van der Waals surface area contributed by atoms with Gasteiger partial charge in [0.25, 0.3) is 0 Å². The third-order valence-corrected chi connectivity index (χ3v) is 2.63. The van der Waals surface area contributed by atoms with Crippen LogP contribution < -0.4 is 10.5 Å². The molecule has 5 heteroatoms. The highest BCUT2D eigenvalue weighted by Crippen LogP contribution is 2.32. The minimum atomic E-state index is 0.452. The van der Waals surface area contributed by atoms with Crippen molar-refractivity contribution in [3.05, 3.63) is 24.4 Å². The first kappa shape index (κ1) is 8.96. The minimum absolute atomic E-state index is 0.452. The van der Waals surface area contributed by atoms with Crippen LogP contribution in [0, 0.1) is 0 Å². The van der Waals surface area contributed by atoms with Gasteiger partial charge in [-0.1, -0.05) is 6.07 Å². The summed E-state index contributed by atoms with van der Waals surface area (Å²) in [6.07, 6.45) is 1.73. The molecule has 0 amide bonds. The van der Waals surface area contributed by atoms with Crippen LogP contribution in [0.25, 0.3) is 21.8 Å². The Bertz CT molecular complexity index is 674. The van der Waals surface area contributed by atoms with Gasteiger partial charge in [-0.15, -0.1) is 0 Å². The summed E-state index contributed by atoms with van der Waals surface area (Å²) in [5.74, 6) is 1.23. The van der Waals surface area contributed by atoms with Gasteiger partial charge in [0.15, 0.2) is 0 Å². The summed E-state index contributed by atoms with van der Waals surface area (Å²) >= 11 is 0. The SMILES string of the molecule is COc1cccc2nc(N)c3[nH]ncc3c12. The number of H-pyrrole nitrogens is 1.